The fourth-order valence-electron chi connectivity index (χ4n) is 1.61. The molecule has 2 rings (SSSR count). The summed E-state index contributed by atoms with van der Waals surface area (Å²) in [7, 11) is 0. The number of hydrogen-bond donors (Lipinski definition) is 1. The summed E-state index contributed by atoms with van der Waals surface area (Å²) in [6.45, 7) is 1.98. The van der Waals surface area contributed by atoms with E-state index in [1.807, 2.05) is 25.1 Å². The molecule has 0 aliphatic heterocycles. The van der Waals surface area contributed by atoms with Gasteiger partial charge in [-0.25, -0.2) is 0 Å². The van der Waals surface area contributed by atoms with Crippen molar-refractivity contribution in [3.05, 3.63) is 58.5 Å². The lowest BCUT2D eigenvalue weighted by Gasteiger charge is -2.09. The van der Waals surface area contributed by atoms with Crippen LogP contribution in [0.3, 0.4) is 0 Å². The Morgan fingerprint density at radius 1 is 1.38 bits per heavy atom. The molecule has 0 saturated heterocycles. The molecule has 1 atom stereocenters. The van der Waals surface area contributed by atoms with Gasteiger partial charge in [0.1, 0.15) is 11.9 Å². The van der Waals surface area contributed by atoms with Gasteiger partial charge in [0.05, 0.1) is 6.26 Å². The monoisotopic (exact) mass is 236 g/mol. The maximum atomic E-state index is 9.90. The Morgan fingerprint density at radius 2 is 2.19 bits per heavy atom. The number of furan rings is 1. The Labute approximate surface area is 99.5 Å². The fourth-order valence-corrected chi connectivity index (χ4v) is 1.92. The van der Waals surface area contributed by atoms with Crippen molar-refractivity contribution in [2.75, 3.05) is 0 Å². The molecular formula is C13H13ClO2. The van der Waals surface area contributed by atoms with Gasteiger partial charge in [-0.3, -0.25) is 0 Å². The summed E-state index contributed by atoms with van der Waals surface area (Å²) in [5.74, 6) is 0.566. The molecule has 1 aromatic carbocycles. The topological polar surface area (TPSA) is 33.4 Å². The van der Waals surface area contributed by atoms with Crippen LogP contribution in [-0.4, -0.2) is 5.11 Å². The van der Waals surface area contributed by atoms with Gasteiger partial charge in [0.2, 0.25) is 0 Å². The molecule has 0 amide bonds. The maximum absolute atomic E-state index is 9.90. The number of hydrogen-bond acceptors (Lipinski definition) is 2. The molecule has 0 aliphatic rings. The van der Waals surface area contributed by atoms with Crippen LogP contribution < -0.4 is 0 Å². The summed E-state index contributed by atoms with van der Waals surface area (Å²) in [5, 5.41) is 10.6. The number of aliphatic hydroxyl groups is 1. The lowest BCUT2D eigenvalue weighted by molar-refractivity contribution is 0.150. The third-order valence-corrected chi connectivity index (χ3v) is 2.85. The summed E-state index contributed by atoms with van der Waals surface area (Å²) in [6.07, 6.45) is 1.37. The molecule has 1 aromatic heterocycles. The first-order valence-corrected chi connectivity index (χ1v) is 5.51. The summed E-state index contributed by atoms with van der Waals surface area (Å²) >= 11 is 6.09. The van der Waals surface area contributed by atoms with E-state index in [0.29, 0.717) is 17.2 Å². The van der Waals surface area contributed by atoms with Crippen molar-refractivity contribution >= 4 is 11.6 Å². The highest BCUT2D eigenvalue weighted by Gasteiger charge is 2.12. The molecule has 1 heterocycles. The van der Waals surface area contributed by atoms with Crippen molar-refractivity contribution in [2.45, 2.75) is 19.4 Å². The van der Waals surface area contributed by atoms with Crippen molar-refractivity contribution in [3.63, 3.8) is 0 Å². The van der Waals surface area contributed by atoms with Crippen LogP contribution in [0.2, 0.25) is 5.02 Å². The third-order valence-electron chi connectivity index (χ3n) is 2.49. The van der Waals surface area contributed by atoms with Crippen LogP contribution in [0, 0.1) is 6.92 Å². The molecule has 0 saturated carbocycles. The quantitative estimate of drug-likeness (QED) is 0.885. The van der Waals surface area contributed by atoms with E-state index in [-0.39, 0.29) is 0 Å². The SMILES string of the molecule is Cc1ccc(CC(O)c2ccco2)c(Cl)c1. The Kier molecular flexibility index (Phi) is 3.32. The van der Waals surface area contributed by atoms with Gasteiger partial charge in [0, 0.05) is 11.4 Å². The van der Waals surface area contributed by atoms with Gasteiger partial charge in [-0.05, 0) is 36.2 Å². The molecule has 16 heavy (non-hydrogen) atoms. The van der Waals surface area contributed by atoms with Crippen molar-refractivity contribution < 1.29 is 9.52 Å². The molecule has 84 valence electrons. The lowest BCUT2D eigenvalue weighted by atomic mass is 10.0. The van der Waals surface area contributed by atoms with E-state index in [2.05, 4.69) is 0 Å². The minimum atomic E-state index is -0.643. The average Bonchev–Trinajstić information content (AvgIpc) is 2.75. The van der Waals surface area contributed by atoms with E-state index in [1.54, 1.807) is 18.4 Å². The molecule has 0 bridgehead atoms. The highest BCUT2D eigenvalue weighted by Crippen LogP contribution is 2.24. The first-order chi connectivity index (χ1) is 7.66. The van der Waals surface area contributed by atoms with Gasteiger partial charge < -0.3 is 9.52 Å². The molecular weight excluding hydrogens is 224 g/mol. The smallest absolute Gasteiger partial charge is 0.132 e. The summed E-state index contributed by atoms with van der Waals surface area (Å²) < 4.78 is 5.14. The molecule has 0 spiro atoms. The van der Waals surface area contributed by atoms with E-state index in [9.17, 15) is 5.11 Å². The van der Waals surface area contributed by atoms with Crippen LogP contribution in [0.5, 0.6) is 0 Å². The standard InChI is InChI=1S/C13H13ClO2/c1-9-4-5-10(11(14)7-9)8-12(15)13-3-2-6-16-13/h2-7,12,15H,8H2,1H3. The minimum absolute atomic E-state index is 0.465. The maximum Gasteiger partial charge on any atom is 0.132 e. The molecule has 1 unspecified atom stereocenters. The second-order valence-corrected chi connectivity index (χ2v) is 4.24. The van der Waals surface area contributed by atoms with Crippen molar-refractivity contribution in [1.29, 1.82) is 0 Å². The third kappa shape index (κ3) is 2.46. The second kappa shape index (κ2) is 4.73. The van der Waals surface area contributed by atoms with Crippen molar-refractivity contribution in [1.82, 2.24) is 0 Å². The van der Waals surface area contributed by atoms with Crippen LogP contribution in [0.25, 0.3) is 0 Å². The minimum Gasteiger partial charge on any atom is -0.467 e. The Balaban J connectivity index is 2.15. The van der Waals surface area contributed by atoms with Gasteiger partial charge in [0.15, 0.2) is 0 Å². The van der Waals surface area contributed by atoms with Crippen LogP contribution >= 0.6 is 11.6 Å². The van der Waals surface area contributed by atoms with Crippen molar-refractivity contribution in [3.8, 4) is 0 Å². The number of halogens is 1. The van der Waals surface area contributed by atoms with Gasteiger partial charge in [-0.15, -0.1) is 0 Å². The normalized spacial score (nSPS) is 12.7. The second-order valence-electron chi connectivity index (χ2n) is 3.83. The Hall–Kier alpha value is -1.25. The number of aliphatic hydroxyl groups excluding tert-OH is 1. The molecule has 0 aliphatic carbocycles. The first kappa shape index (κ1) is 11.2. The Bertz CT molecular complexity index is 463. The lowest BCUT2D eigenvalue weighted by Crippen LogP contribution is -2.01. The molecule has 0 fully saturated rings. The molecule has 2 nitrogen and oxygen atoms in total. The highest BCUT2D eigenvalue weighted by atomic mass is 35.5. The predicted octanol–water partition coefficient (Wildman–Crippen LogP) is 3.52. The molecule has 1 N–H and O–H groups in total. The summed E-state index contributed by atoms with van der Waals surface area (Å²) in [6, 6.07) is 9.33. The van der Waals surface area contributed by atoms with Crippen LogP contribution in [-0.2, 0) is 6.42 Å². The number of benzene rings is 1. The average molecular weight is 237 g/mol. The zero-order valence-corrected chi connectivity index (χ0v) is 9.74. The van der Waals surface area contributed by atoms with E-state index >= 15 is 0 Å². The summed E-state index contributed by atoms with van der Waals surface area (Å²) in [4.78, 5) is 0. The molecule has 2 aromatic rings. The van der Waals surface area contributed by atoms with Gasteiger partial charge >= 0.3 is 0 Å². The van der Waals surface area contributed by atoms with E-state index in [4.69, 9.17) is 16.0 Å². The van der Waals surface area contributed by atoms with Crippen molar-refractivity contribution in [2.24, 2.45) is 0 Å². The summed E-state index contributed by atoms with van der Waals surface area (Å²) in [5.41, 5.74) is 2.04. The number of rotatable bonds is 3. The largest absolute Gasteiger partial charge is 0.467 e. The number of aryl methyl sites for hydroxylation is 1. The van der Waals surface area contributed by atoms with Gasteiger partial charge in [-0.1, -0.05) is 23.7 Å². The van der Waals surface area contributed by atoms with Gasteiger partial charge in [0.25, 0.3) is 0 Å². The molecule has 0 radical (unpaired) electrons. The van der Waals surface area contributed by atoms with Gasteiger partial charge in [-0.2, -0.15) is 0 Å². The molecule has 3 heteroatoms. The first-order valence-electron chi connectivity index (χ1n) is 5.13. The van der Waals surface area contributed by atoms with Crippen LogP contribution in [0.1, 0.15) is 23.0 Å². The van der Waals surface area contributed by atoms with Crippen LogP contribution in [0.4, 0.5) is 0 Å². The predicted molar refractivity (Wildman–Crippen MR) is 63.6 cm³/mol. The zero-order chi connectivity index (χ0) is 11.5. The fraction of sp³-hybridized carbons (Fsp3) is 0.231. The Morgan fingerprint density at radius 3 is 2.81 bits per heavy atom. The van der Waals surface area contributed by atoms with E-state index < -0.39 is 6.10 Å². The van der Waals surface area contributed by atoms with Crippen LogP contribution in [0.15, 0.2) is 41.0 Å². The zero-order valence-electron chi connectivity index (χ0n) is 8.98. The van der Waals surface area contributed by atoms with E-state index in [1.165, 1.54) is 0 Å². The van der Waals surface area contributed by atoms with E-state index in [0.717, 1.165) is 11.1 Å². The highest BCUT2D eigenvalue weighted by molar-refractivity contribution is 6.31.